The van der Waals surface area contributed by atoms with Gasteiger partial charge in [0.05, 0.1) is 22.1 Å². The van der Waals surface area contributed by atoms with Crippen molar-refractivity contribution in [1.82, 2.24) is 30.6 Å². The summed E-state index contributed by atoms with van der Waals surface area (Å²) < 4.78 is 1.50. The maximum Gasteiger partial charge on any atom is 0.291 e. The zero-order valence-electron chi connectivity index (χ0n) is 13.7. The van der Waals surface area contributed by atoms with Crippen LogP contribution in [0.3, 0.4) is 0 Å². The lowest BCUT2D eigenvalue weighted by atomic mass is 10.1. The van der Waals surface area contributed by atoms with Crippen molar-refractivity contribution in [1.29, 1.82) is 0 Å². The molecule has 2 heterocycles. The van der Waals surface area contributed by atoms with Gasteiger partial charge in [-0.05, 0) is 35.0 Å². The molecular weight excluding hydrogens is 415 g/mol. The number of nitrogen functional groups attached to an aromatic ring is 1. The van der Waals surface area contributed by atoms with Crippen LogP contribution in [0.5, 0.6) is 0 Å². The molecule has 0 aliphatic carbocycles. The molecule has 0 unspecified atom stereocenters. The van der Waals surface area contributed by atoms with Crippen molar-refractivity contribution in [2.75, 3.05) is 5.73 Å². The number of rotatable bonds is 4. The van der Waals surface area contributed by atoms with Crippen LogP contribution in [0.2, 0.25) is 15.2 Å². The fraction of sp³-hybridized carbons (Fsp3) is 0.0667. The van der Waals surface area contributed by atoms with E-state index in [1.165, 1.54) is 11.0 Å². The van der Waals surface area contributed by atoms with E-state index in [1.807, 2.05) is 24.3 Å². The van der Waals surface area contributed by atoms with Crippen LogP contribution in [-0.2, 0) is 0 Å². The van der Waals surface area contributed by atoms with E-state index >= 15 is 0 Å². The SMILES string of the molecule is C/C(=N\NC(=O)c1nc(Cl)c(Cl)c(N)c1Cl)c1cccc(-n2cnnn2)c1. The van der Waals surface area contributed by atoms with Crippen molar-refractivity contribution in [3.8, 4) is 5.69 Å². The zero-order chi connectivity index (χ0) is 19.6. The van der Waals surface area contributed by atoms with Crippen LogP contribution in [-0.4, -0.2) is 36.8 Å². The van der Waals surface area contributed by atoms with Gasteiger partial charge < -0.3 is 5.73 Å². The molecule has 0 aliphatic heterocycles. The first-order valence-electron chi connectivity index (χ1n) is 7.37. The molecule has 3 N–H and O–H groups in total. The molecule has 138 valence electrons. The number of nitrogens with two attached hydrogens (primary N) is 1. The summed E-state index contributed by atoms with van der Waals surface area (Å²) in [6.45, 7) is 1.72. The summed E-state index contributed by atoms with van der Waals surface area (Å²) in [5.74, 6) is -0.679. The maximum atomic E-state index is 12.3. The van der Waals surface area contributed by atoms with Gasteiger partial charge in [0.25, 0.3) is 5.91 Å². The molecule has 2 aromatic heterocycles. The van der Waals surface area contributed by atoms with Gasteiger partial charge >= 0.3 is 0 Å². The number of carbonyl (C=O) groups is 1. The number of benzene rings is 1. The number of nitrogens with one attached hydrogen (secondary N) is 1. The summed E-state index contributed by atoms with van der Waals surface area (Å²) in [6.07, 6.45) is 1.47. The topological polar surface area (TPSA) is 124 Å². The van der Waals surface area contributed by atoms with E-state index in [2.05, 4.69) is 31.0 Å². The Bertz CT molecular complexity index is 1040. The Labute approximate surface area is 168 Å². The van der Waals surface area contributed by atoms with Gasteiger partial charge in [0.1, 0.15) is 11.3 Å². The first kappa shape index (κ1) is 19.0. The molecular formula is C15H11Cl3N8O. The molecule has 1 aromatic carbocycles. The van der Waals surface area contributed by atoms with Gasteiger partial charge in [0, 0.05) is 0 Å². The predicted molar refractivity (Wildman–Crippen MR) is 103 cm³/mol. The molecule has 3 rings (SSSR count). The van der Waals surface area contributed by atoms with Crippen LogP contribution in [0.25, 0.3) is 5.69 Å². The normalized spacial score (nSPS) is 11.5. The molecule has 0 aliphatic rings. The molecule has 9 nitrogen and oxygen atoms in total. The number of pyridine rings is 1. The number of carbonyl (C=O) groups excluding carboxylic acids is 1. The van der Waals surface area contributed by atoms with E-state index in [0.29, 0.717) is 5.71 Å². The van der Waals surface area contributed by atoms with E-state index < -0.39 is 5.91 Å². The fourth-order valence-electron chi connectivity index (χ4n) is 2.09. The zero-order valence-corrected chi connectivity index (χ0v) is 16.0. The third-order valence-electron chi connectivity index (χ3n) is 3.49. The van der Waals surface area contributed by atoms with Gasteiger partial charge in [-0.1, -0.05) is 46.9 Å². The molecule has 27 heavy (non-hydrogen) atoms. The quantitative estimate of drug-likeness (QED) is 0.376. The van der Waals surface area contributed by atoms with Crippen molar-refractivity contribution in [2.24, 2.45) is 5.10 Å². The molecule has 0 fully saturated rings. The number of hydrazone groups is 1. The Hall–Kier alpha value is -2.75. The summed E-state index contributed by atoms with van der Waals surface area (Å²) in [5, 5.41) is 14.8. The van der Waals surface area contributed by atoms with Gasteiger partial charge in [-0.3, -0.25) is 4.79 Å². The van der Waals surface area contributed by atoms with Crippen LogP contribution in [0.15, 0.2) is 35.7 Å². The highest BCUT2D eigenvalue weighted by Gasteiger charge is 2.19. The molecule has 0 bridgehead atoms. The number of aromatic nitrogens is 5. The molecule has 0 atom stereocenters. The van der Waals surface area contributed by atoms with E-state index in [4.69, 9.17) is 40.5 Å². The lowest BCUT2D eigenvalue weighted by Gasteiger charge is -2.08. The number of nitrogens with zero attached hydrogens (tertiary/aromatic N) is 6. The smallest absolute Gasteiger partial charge is 0.291 e. The molecule has 1 amide bonds. The van der Waals surface area contributed by atoms with Gasteiger partial charge in [-0.15, -0.1) is 5.10 Å². The highest BCUT2D eigenvalue weighted by molar-refractivity contribution is 6.46. The largest absolute Gasteiger partial charge is 0.396 e. The number of hydrogen-bond donors (Lipinski definition) is 2. The van der Waals surface area contributed by atoms with Crippen molar-refractivity contribution < 1.29 is 4.79 Å². The lowest BCUT2D eigenvalue weighted by Crippen LogP contribution is -2.21. The fourth-order valence-corrected chi connectivity index (χ4v) is 2.68. The third-order valence-corrected chi connectivity index (χ3v) is 4.63. The summed E-state index contributed by atoms with van der Waals surface area (Å²) in [5.41, 5.74) is 9.88. The Balaban J connectivity index is 1.82. The minimum absolute atomic E-state index is 0.0164. The monoisotopic (exact) mass is 424 g/mol. The van der Waals surface area contributed by atoms with Gasteiger partial charge in [0.2, 0.25) is 0 Å². The highest BCUT2D eigenvalue weighted by atomic mass is 35.5. The van der Waals surface area contributed by atoms with Crippen LogP contribution in [0.1, 0.15) is 23.0 Å². The summed E-state index contributed by atoms with van der Waals surface area (Å²) in [7, 11) is 0. The van der Waals surface area contributed by atoms with E-state index in [-0.39, 0.29) is 26.6 Å². The first-order chi connectivity index (χ1) is 12.9. The summed E-state index contributed by atoms with van der Waals surface area (Å²) in [6, 6.07) is 7.27. The van der Waals surface area contributed by atoms with Crippen LogP contribution in [0.4, 0.5) is 5.69 Å². The maximum absolute atomic E-state index is 12.3. The molecule has 0 saturated carbocycles. The van der Waals surface area contributed by atoms with E-state index in [1.54, 1.807) is 6.92 Å². The van der Waals surface area contributed by atoms with Gasteiger partial charge in [-0.2, -0.15) is 5.10 Å². The Morgan fingerprint density at radius 3 is 2.74 bits per heavy atom. The average molecular weight is 426 g/mol. The van der Waals surface area contributed by atoms with Crippen molar-refractivity contribution in [2.45, 2.75) is 6.92 Å². The summed E-state index contributed by atoms with van der Waals surface area (Å²) in [4.78, 5) is 16.2. The van der Waals surface area contributed by atoms with Crippen molar-refractivity contribution >= 4 is 52.1 Å². The average Bonchev–Trinajstić information content (AvgIpc) is 3.22. The second-order valence-corrected chi connectivity index (χ2v) is 6.35. The van der Waals surface area contributed by atoms with Crippen LogP contribution < -0.4 is 11.2 Å². The number of tetrazole rings is 1. The first-order valence-corrected chi connectivity index (χ1v) is 8.50. The number of hydrogen-bond acceptors (Lipinski definition) is 7. The lowest BCUT2D eigenvalue weighted by molar-refractivity contribution is 0.0950. The molecule has 12 heteroatoms. The molecule has 3 aromatic rings. The minimum atomic E-state index is -0.679. The second-order valence-electron chi connectivity index (χ2n) is 5.24. The van der Waals surface area contributed by atoms with Crippen LogP contribution >= 0.6 is 34.8 Å². The predicted octanol–water partition coefficient (Wildman–Crippen LogP) is 2.75. The minimum Gasteiger partial charge on any atom is -0.396 e. The van der Waals surface area contributed by atoms with Crippen molar-refractivity contribution in [3.05, 3.63) is 57.0 Å². The standard InChI is InChI=1S/C15H11Cl3N8O/c1-7(8-3-2-4-9(5-8)26-6-20-24-25-26)22-23-15(27)13-10(16)12(19)11(17)14(18)21-13/h2-6H,1H3,(H2,19,21)(H,23,27)/b22-7+. The molecule has 0 spiro atoms. The summed E-state index contributed by atoms with van der Waals surface area (Å²) >= 11 is 17.7. The Kier molecular flexibility index (Phi) is 5.54. The van der Waals surface area contributed by atoms with E-state index in [0.717, 1.165) is 11.3 Å². The highest BCUT2D eigenvalue weighted by Crippen LogP contribution is 2.34. The number of anilines is 1. The van der Waals surface area contributed by atoms with Crippen LogP contribution in [0, 0.1) is 0 Å². The van der Waals surface area contributed by atoms with Gasteiger partial charge in [-0.25, -0.2) is 15.1 Å². The Morgan fingerprint density at radius 2 is 2.04 bits per heavy atom. The molecule has 0 saturated heterocycles. The second kappa shape index (κ2) is 7.87. The Morgan fingerprint density at radius 1 is 1.26 bits per heavy atom. The van der Waals surface area contributed by atoms with E-state index in [9.17, 15) is 4.79 Å². The number of amides is 1. The number of halogens is 3. The molecule has 0 radical (unpaired) electrons. The van der Waals surface area contributed by atoms with Gasteiger partial charge in [0.15, 0.2) is 10.8 Å². The van der Waals surface area contributed by atoms with Crippen molar-refractivity contribution in [3.63, 3.8) is 0 Å². The third kappa shape index (κ3) is 4.00.